The van der Waals surface area contributed by atoms with Crippen LogP contribution in [-0.2, 0) is 11.3 Å². The van der Waals surface area contributed by atoms with Crippen LogP contribution < -0.4 is 10.1 Å². The molecule has 1 unspecified atom stereocenters. The van der Waals surface area contributed by atoms with Gasteiger partial charge in [0, 0.05) is 30.6 Å². The fourth-order valence-corrected chi connectivity index (χ4v) is 2.90. The fourth-order valence-electron chi connectivity index (χ4n) is 2.90. The van der Waals surface area contributed by atoms with E-state index in [0.717, 1.165) is 35.3 Å². The molecule has 1 aliphatic heterocycles. The van der Waals surface area contributed by atoms with E-state index < -0.39 is 0 Å². The van der Waals surface area contributed by atoms with Crippen molar-refractivity contribution in [3.8, 4) is 5.88 Å². The maximum Gasteiger partial charge on any atom is 0.213 e. The second-order valence-corrected chi connectivity index (χ2v) is 6.20. The highest BCUT2D eigenvalue weighted by Gasteiger charge is 2.17. The molecule has 0 aliphatic carbocycles. The molecule has 6 nitrogen and oxygen atoms in total. The third kappa shape index (κ3) is 3.69. The summed E-state index contributed by atoms with van der Waals surface area (Å²) < 4.78 is 11.2. The van der Waals surface area contributed by atoms with Crippen LogP contribution in [0.2, 0.25) is 0 Å². The normalized spacial score (nSPS) is 16.9. The summed E-state index contributed by atoms with van der Waals surface area (Å²) in [5.74, 6) is 1.47. The Bertz CT molecular complexity index is 878. The zero-order valence-corrected chi connectivity index (χ0v) is 14.1. The van der Waals surface area contributed by atoms with E-state index in [1.807, 2.05) is 18.2 Å². The van der Waals surface area contributed by atoms with Gasteiger partial charge in [-0.25, -0.2) is 15.0 Å². The van der Waals surface area contributed by atoms with Gasteiger partial charge in [-0.3, -0.25) is 0 Å². The Morgan fingerprint density at radius 1 is 1.20 bits per heavy atom. The van der Waals surface area contributed by atoms with Crippen LogP contribution in [0, 0.1) is 6.92 Å². The Morgan fingerprint density at radius 3 is 3.04 bits per heavy atom. The third-order valence-electron chi connectivity index (χ3n) is 4.23. The standard InChI is InChI=1S/C19H20N4O2/c1-13-2-3-17-16(8-13)19(23-12-22-17)21-10-14-4-6-20-18(9-14)25-15-5-7-24-11-15/h2-4,6,8-9,12,15H,5,7,10-11H2,1H3,(H,21,22,23). The van der Waals surface area contributed by atoms with Crippen molar-refractivity contribution in [1.82, 2.24) is 15.0 Å². The lowest BCUT2D eigenvalue weighted by molar-refractivity contribution is 0.138. The molecule has 1 fully saturated rings. The van der Waals surface area contributed by atoms with Crippen molar-refractivity contribution in [3.63, 3.8) is 0 Å². The van der Waals surface area contributed by atoms with Crippen LogP contribution in [0.25, 0.3) is 10.9 Å². The number of hydrogen-bond acceptors (Lipinski definition) is 6. The number of anilines is 1. The van der Waals surface area contributed by atoms with Crippen LogP contribution in [0.1, 0.15) is 17.5 Å². The van der Waals surface area contributed by atoms with Gasteiger partial charge in [0.25, 0.3) is 0 Å². The molecule has 1 aliphatic rings. The minimum absolute atomic E-state index is 0.101. The highest BCUT2D eigenvalue weighted by atomic mass is 16.5. The van der Waals surface area contributed by atoms with Crippen molar-refractivity contribution in [2.45, 2.75) is 26.0 Å². The summed E-state index contributed by atoms with van der Waals surface area (Å²) in [5, 5.41) is 4.42. The van der Waals surface area contributed by atoms with Crippen molar-refractivity contribution in [2.75, 3.05) is 18.5 Å². The first-order valence-electron chi connectivity index (χ1n) is 8.42. The van der Waals surface area contributed by atoms with Crippen molar-refractivity contribution in [2.24, 2.45) is 0 Å². The molecule has 1 aromatic carbocycles. The van der Waals surface area contributed by atoms with Crippen molar-refractivity contribution in [1.29, 1.82) is 0 Å². The average molecular weight is 336 g/mol. The van der Waals surface area contributed by atoms with Gasteiger partial charge in [0.05, 0.1) is 18.7 Å². The number of aromatic nitrogens is 3. The number of hydrogen-bond donors (Lipinski definition) is 1. The molecule has 6 heteroatoms. The van der Waals surface area contributed by atoms with Gasteiger partial charge < -0.3 is 14.8 Å². The Labute approximate surface area is 146 Å². The molecule has 0 amide bonds. The molecule has 0 spiro atoms. The molecule has 2 aromatic heterocycles. The summed E-state index contributed by atoms with van der Waals surface area (Å²) >= 11 is 0. The van der Waals surface area contributed by atoms with Gasteiger partial charge in [-0.15, -0.1) is 0 Å². The van der Waals surface area contributed by atoms with Gasteiger partial charge in [-0.1, -0.05) is 11.6 Å². The van der Waals surface area contributed by atoms with Crippen LogP contribution >= 0.6 is 0 Å². The minimum atomic E-state index is 0.101. The van der Waals surface area contributed by atoms with Gasteiger partial charge in [0.1, 0.15) is 18.2 Å². The second kappa shape index (κ2) is 7.03. The summed E-state index contributed by atoms with van der Waals surface area (Å²) in [6.07, 6.45) is 4.37. The highest BCUT2D eigenvalue weighted by molar-refractivity contribution is 5.89. The molecule has 4 rings (SSSR count). The number of ether oxygens (including phenoxy) is 2. The first kappa shape index (κ1) is 15.8. The molecule has 1 atom stereocenters. The second-order valence-electron chi connectivity index (χ2n) is 6.20. The average Bonchev–Trinajstić information content (AvgIpc) is 3.13. The molecule has 1 saturated heterocycles. The van der Waals surface area contributed by atoms with Crippen LogP contribution in [0.3, 0.4) is 0 Å². The molecule has 0 radical (unpaired) electrons. The number of pyridine rings is 1. The van der Waals surface area contributed by atoms with Crippen LogP contribution in [0.15, 0.2) is 42.9 Å². The Morgan fingerprint density at radius 2 is 2.16 bits per heavy atom. The van der Waals surface area contributed by atoms with Crippen LogP contribution in [-0.4, -0.2) is 34.3 Å². The lowest BCUT2D eigenvalue weighted by atomic mass is 10.1. The Hall–Kier alpha value is -2.73. The maximum absolute atomic E-state index is 5.86. The summed E-state index contributed by atoms with van der Waals surface area (Å²) in [6, 6.07) is 10.1. The van der Waals surface area contributed by atoms with E-state index >= 15 is 0 Å². The Kier molecular flexibility index (Phi) is 4.43. The number of nitrogens with zero attached hydrogens (tertiary/aromatic N) is 3. The van der Waals surface area contributed by atoms with Crippen molar-refractivity contribution in [3.05, 3.63) is 54.0 Å². The number of nitrogens with one attached hydrogen (secondary N) is 1. The summed E-state index contributed by atoms with van der Waals surface area (Å²) in [4.78, 5) is 13.0. The molecule has 25 heavy (non-hydrogen) atoms. The first-order chi connectivity index (χ1) is 12.3. The summed E-state index contributed by atoms with van der Waals surface area (Å²) in [6.45, 7) is 4.10. The molecule has 3 heterocycles. The molecular weight excluding hydrogens is 316 g/mol. The van der Waals surface area contributed by atoms with Crippen molar-refractivity contribution >= 4 is 16.7 Å². The Balaban J connectivity index is 1.49. The van der Waals surface area contributed by atoms with E-state index in [9.17, 15) is 0 Å². The van der Waals surface area contributed by atoms with Gasteiger partial charge in [-0.05, 0) is 30.7 Å². The highest BCUT2D eigenvalue weighted by Crippen LogP contribution is 2.21. The molecule has 1 N–H and O–H groups in total. The number of benzene rings is 1. The molecule has 128 valence electrons. The SMILES string of the molecule is Cc1ccc2ncnc(NCc3ccnc(OC4CCOC4)c3)c2c1. The van der Waals surface area contributed by atoms with E-state index in [1.54, 1.807) is 12.5 Å². The number of aryl methyl sites for hydroxylation is 1. The monoisotopic (exact) mass is 336 g/mol. The fraction of sp³-hybridized carbons (Fsp3) is 0.316. The molecule has 0 bridgehead atoms. The number of rotatable bonds is 5. The van der Waals surface area contributed by atoms with E-state index in [-0.39, 0.29) is 6.10 Å². The van der Waals surface area contributed by atoms with E-state index in [0.29, 0.717) is 19.0 Å². The minimum Gasteiger partial charge on any atom is -0.472 e. The lowest BCUT2D eigenvalue weighted by Gasteiger charge is -2.12. The predicted octanol–water partition coefficient (Wildman–Crippen LogP) is 3.11. The smallest absolute Gasteiger partial charge is 0.213 e. The van der Waals surface area contributed by atoms with Crippen molar-refractivity contribution < 1.29 is 9.47 Å². The van der Waals surface area contributed by atoms with Gasteiger partial charge in [-0.2, -0.15) is 0 Å². The first-order valence-corrected chi connectivity index (χ1v) is 8.42. The van der Waals surface area contributed by atoms with E-state index in [2.05, 4.69) is 39.3 Å². The summed E-state index contributed by atoms with van der Waals surface area (Å²) in [7, 11) is 0. The predicted molar refractivity (Wildman–Crippen MR) is 95.7 cm³/mol. The van der Waals surface area contributed by atoms with Gasteiger partial charge in [0.15, 0.2) is 0 Å². The lowest BCUT2D eigenvalue weighted by Crippen LogP contribution is -2.16. The maximum atomic E-state index is 5.86. The zero-order chi connectivity index (χ0) is 17.1. The topological polar surface area (TPSA) is 69.2 Å². The van der Waals surface area contributed by atoms with Crippen LogP contribution in [0.5, 0.6) is 5.88 Å². The molecule has 0 saturated carbocycles. The molecule has 3 aromatic rings. The van der Waals surface area contributed by atoms with Crippen LogP contribution in [0.4, 0.5) is 5.82 Å². The quantitative estimate of drug-likeness (QED) is 0.772. The van der Waals surface area contributed by atoms with E-state index in [1.165, 1.54) is 5.56 Å². The largest absolute Gasteiger partial charge is 0.472 e. The van der Waals surface area contributed by atoms with Gasteiger partial charge in [0.2, 0.25) is 5.88 Å². The number of fused-ring (bicyclic) bond motifs is 1. The third-order valence-corrected chi connectivity index (χ3v) is 4.23. The van der Waals surface area contributed by atoms with E-state index in [4.69, 9.17) is 9.47 Å². The molecular formula is C19H20N4O2. The zero-order valence-electron chi connectivity index (χ0n) is 14.1. The summed E-state index contributed by atoms with van der Waals surface area (Å²) in [5.41, 5.74) is 3.20. The van der Waals surface area contributed by atoms with Gasteiger partial charge >= 0.3 is 0 Å².